The quantitative estimate of drug-likeness (QED) is 0.652. The zero-order chi connectivity index (χ0) is 21.3. The number of sulfonamides is 1. The number of dihydropyridines is 1. The van der Waals surface area contributed by atoms with Gasteiger partial charge in [-0.15, -0.1) is 0 Å². The smallest absolute Gasteiger partial charge is 0.234 e. The zero-order valence-electron chi connectivity index (χ0n) is 16.7. The number of fused-ring (bicyclic) bond motifs is 1. The Balaban J connectivity index is 2.11. The topological polar surface area (TPSA) is 115 Å². The van der Waals surface area contributed by atoms with Crippen LogP contribution in [0.5, 0.6) is 0 Å². The van der Waals surface area contributed by atoms with E-state index in [1.807, 2.05) is 19.9 Å². The molecule has 8 nitrogen and oxygen atoms in total. The van der Waals surface area contributed by atoms with Crippen LogP contribution in [-0.4, -0.2) is 24.4 Å². The van der Waals surface area contributed by atoms with Crippen LogP contribution in [0.2, 0.25) is 0 Å². The zero-order valence-corrected chi connectivity index (χ0v) is 17.5. The molecule has 0 amide bonds. The van der Waals surface area contributed by atoms with Crippen LogP contribution in [0.1, 0.15) is 39.2 Å². The molecule has 0 fully saturated rings. The number of hydrogen-bond donors (Lipinski definition) is 3. The van der Waals surface area contributed by atoms with Crippen LogP contribution in [0.15, 0.2) is 40.9 Å². The van der Waals surface area contributed by atoms with Gasteiger partial charge >= 0.3 is 0 Å². The average molecular weight is 411 g/mol. The molecular weight excluding hydrogens is 388 g/mol. The Morgan fingerprint density at radius 2 is 2.07 bits per heavy atom. The van der Waals surface area contributed by atoms with Crippen molar-refractivity contribution in [3.63, 3.8) is 0 Å². The summed E-state index contributed by atoms with van der Waals surface area (Å²) in [5.41, 5.74) is 3.70. The maximum atomic E-state index is 12.4. The molecule has 1 aromatic carbocycles. The first-order valence-electron chi connectivity index (χ1n) is 9.11. The van der Waals surface area contributed by atoms with Crippen LogP contribution >= 0.6 is 0 Å². The highest BCUT2D eigenvalue weighted by Crippen LogP contribution is 2.39. The number of nitriles is 1. The predicted molar refractivity (Wildman–Crippen MR) is 112 cm³/mol. The van der Waals surface area contributed by atoms with E-state index >= 15 is 0 Å². The summed E-state index contributed by atoms with van der Waals surface area (Å²) in [5.74, 6) is -0.345. The van der Waals surface area contributed by atoms with Gasteiger partial charge in [-0.2, -0.15) is 10.4 Å². The average Bonchev–Trinajstić information content (AvgIpc) is 3.01. The van der Waals surface area contributed by atoms with Gasteiger partial charge in [-0.05, 0) is 37.5 Å². The lowest BCUT2D eigenvalue weighted by Crippen LogP contribution is -2.22. The summed E-state index contributed by atoms with van der Waals surface area (Å²) in [5, 5.41) is 20.3. The van der Waals surface area contributed by atoms with E-state index in [2.05, 4.69) is 31.2 Å². The Labute approximate surface area is 170 Å². The molecule has 1 atom stereocenters. The van der Waals surface area contributed by atoms with Crippen LogP contribution < -0.4 is 10.0 Å². The molecular formula is C20H22N6O2S. The van der Waals surface area contributed by atoms with E-state index < -0.39 is 15.9 Å². The fraction of sp³-hybridized carbons (Fsp3) is 0.350. The van der Waals surface area contributed by atoms with Gasteiger partial charge < -0.3 is 5.32 Å². The standard InChI is InChI=1S/C20H22N6O2S/c1-11(2)10-29(27,28)26-20-15-8-14(6-7-17(15)24-25-20)18-16(9-21)12(3)23-13(4)19(18)22-5/h6-8,11,18,23H,10H2,1-4H3,(H2,24,25,26). The normalized spacial score (nSPS) is 17.3. The third-order valence-electron chi connectivity index (χ3n) is 4.69. The van der Waals surface area contributed by atoms with Crippen LogP contribution in [-0.2, 0) is 10.0 Å². The second-order valence-electron chi connectivity index (χ2n) is 7.49. The number of aromatic nitrogens is 2. The summed E-state index contributed by atoms with van der Waals surface area (Å²) in [6.45, 7) is 14.8. The van der Waals surface area contributed by atoms with E-state index in [9.17, 15) is 13.7 Å². The maximum Gasteiger partial charge on any atom is 0.234 e. The summed E-state index contributed by atoms with van der Waals surface area (Å²) >= 11 is 0. The van der Waals surface area contributed by atoms with Crippen molar-refractivity contribution in [2.24, 2.45) is 5.92 Å². The number of hydrogen-bond acceptors (Lipinski definition) is 5. The second kappa shape index (κ2) is 7.61. The maximum absolute atomic E-state index is 12.4. The molecule has 0 saturated heterocycles. The number of anilines is 1. The fourth-order valence-electron chi connectivity index (χ4n) is 3.52. The molecule has 0 radical (unpaired) electrons. The van der Waals surface area contributed by atoms with E-state index in [-0.39, 0.29) is 17.5 Å². The van der Waals surface area contributed by atoms with Crippen molar-refractivity contribution < 1.29 is 8.42 Å². The van der Waals surface area contributed by atoms with Crippen LogP contribution in [0, 0.1) is 23.8 Å². The third-order valence-corrected chi connectivity index (χ3v) is 6.30. The molecule has 0 saturated carbocycles. The number of allylic oxidation sites excluding steroid dienone is 3. The number of nitrogens with one attached hydrogen (secondary N) is 3. The van der Waals surface area contributed by atoms with E-state index in [1.165, 1.54) is 0 Å². The Hall–Kier alpha value is -3.30. The minimum Gasteiger partial charge on any atom is -0.372 e. The van der Waals surface area contributed by atoms with Crippen molar-refractivity contribution in [1.29, 1.82) is 5.26 Å². The van der Waals surface area contributed by atoms with Gasteiger partial charge in [0.25, 0.3) is 0 Å². The molecule has 9 heteroatoms. The molecule has 3 rings (SSSR count). The molecule has 1 aliphatic heterocycles. The highest BCUT2D eigenvalue weighted by atomic mass is 32.2. The van der Waals surface area contributed by atoms with Crippen LogP contribution in [0.3, 0.4) is 0 Å². The highest BCUT2D eigenvalue weighted by Gasteiger charge is 2.30. The Morgan fingerprint density at radius 3 is 2.69 bits per heavy atom. The third kappa shape index (κ3) is 3.96. The Kier molecular flexibility index (Phi) is 5.36. The van der Waals surface area contributed by atoms with E-state index in [0.717, 1.165) is 5.56 Å². The number of nitrogens with zero attached hydrogens (tertiary/aromatic N) is 3. The van der Waals surface area contributed by atoms with Crippen LogP contribution in [0.4, 0.5) is 5.82 Å². The lowest BCUT2D eigenvalue weighted by molar-refractivity contribution is 0.587. The summed E-state index contributed by atoms with van der Waals surface area (Å²) in [6.07, 6.45) is 0. The lowest BCUT2D eigenvalue weighted by atomic mass is 9.84. The van der Waals surface area contributed by atoms with Crippen molar-refractivity contribution >= 4 is 26.7 Å². The fourth-order valence-corrected chi connectivity index (χ4v) is 4.93. The molecule has 150 valence electrons. The Morgan fingerprint density at radius 1 is 1.34 bits per heavy atom. The highest BCUT2D eigenvalue weighted by molar-refractivity contribution is 7.92. The van der Waals surface area contributed by atoms with Crippen molar-refractivity contribution in [3.05, 3.63) is 57.8 Å². The van der Waals surface area contributed by atoms with Gasteiger partial charge in [0.2, 0.25) is 10.0 Å². The van der Waals surface area contributed by atoms with E-state index in [4.69, 9.17) is 6.57 Å². The molecule has 29 heavy (non-hydrogen) atoms. The van der Waals surface area contributed by atoms with Crippen molar-refractivity contribution in [2.75, 3.05) is 10.5 Å². The van der Waals surface area contributed by atoms with Gasteiger partial charge in [-0.3, -0.25) is 9.82 Å². The van der Waals surface area contributed by atoms with Crippen molar-refractivity contribution in [2.45, 2.75) is 33.6 Å². The molecule has 3 N–H and O–H groups in total. The molecule has 0 bridgehead atoms. The van der Waals surface area contributed by atoms with Crippen molar-refractivity contribution in [3.8, 4) is 6.07 Å². The molecule has 0 aliphatic carbocycles. The Bertz CT molecular complexity index is 1190. The van der Waals surface area contributed by atoms with Crippen LogP contribution in [0.25, 0.3) is 15.7 Å². The minimum absolute atomic E-state index is 0.0142. The van der Waals surface area contributed by atoms with E-state index in [1.54, 1.807) is 26.0 Å². The summed E-state index contributed by atoms with van der Waals surface area (Å²) < 4.78 is 27.2. The summed E-state index contributed by atoms with van der Waals surface area (Å²) in [4.78, 5) is 3.65. The number of rotatable bonds is 5. The lowest BCUT2D eigenvalue weighted by Gasteiger charge is -2.26. The monoisotopic (exact) mass is 410 g/mol. The first-order valence-corrected chi connectivity index (χ1v) is 10.8. The summed E-state index contributed by atoms with van der Waals surface area (Å²) in [6, 6.07) is 7.60. The number of benzene rings is 1. The van der Waals surface area contributed by atoms with Gasteiger partial charge in [-0.25, -0.2) is 13.3 Å². The molecule has 2 aromatic rings. The predicted octanol–water partition coefficient (Wildman–Crippen LogP) is 3.60. The van der Waals surface area contributed by atoms with Gasteiger partial charge in [0.15, 0.2) is 11.5 Å². The summed E-state index contributed by atoms with van der Waals surface area (Å²) in [7, 11) is -3.54. The van der Waals surface area contributed by atoms with Crippen molar-refractivity contribution in [1.82, 2.24) is 15.5 Å². The molecule has 1 aromatic heterocycles. The molecule has 1 unspecified atom stereocenters. The molecule has 2 heterocycles. The largest absolute Gasteiger partial charge is 0.372 e. The van der Waals surface area contributed by atoms with Gasteiger partial charge in [0.05, 0.1) is 35.4 Å². The first kappa shape index (κ1) is 20.4. The number of H-pyrrole nitrogens is 1. The van der Waals surface area contributed by atoms with E-state index in [0.29, 0.717) is 33.6 Å². The minimum atomic E-state index is -3.54. The molecule has 1 aliphatic rings. The number of aromatic amines is 1. The SMILES string of the molecule is [C-]#[N+]C1=C(C)NC(C)=C(C#N)C1c1ccc2[nH]nc(NS(=O)(=O)CC(C)C)c2c1. The van der Waals surface area contributed by atoms with Gasteiger partial charge in [0.1, 0.15) is 0 Å². The second-order valence-corrected chi connectivity index (χ2v) is 9.25. The van der Waals surface area contributed by atoms with Gasteiger partial charge in [-0.1, -0.05) is 19.9 Å². The molecule has 0 spiro atoms. The van der Waals surface area contributed by atoms with Gasteiger partial charge in [0, 0.05) is 16.8 Å². The first-order chi connectivity index (χ1) is 13.7.